The summed E-state index contributed by atoms with van der Waals surface area (Å²) in [6.45, 7) is 52.8. The minimum atomic E-state index is 0.492. The molecular weight excluding hydrogens is 1140 g/mol. The van der Waals surface area contributed by atoms with E-state index in [1.807, 2.05) is 59.9 Å². The lowest BCUT2D eigenvalue weighted by Gasteiger charge is -2.07. The van der Waals surface area contributed by atoms with Crippen LogP contribution in [0.1, 0.15) is 297 Å². The molecule has 9 nitrogen and oxygen atoms in total. The van der Waals surface area contributed by atoms with E-state index in [0.717, 1.165) is 35.4 Å². The second-order valence-corrected chi connectivity index (χ2v) is 30.8. The Labute approximate surface area is 549 Å². The van der Waals surface area contributed by atoms with Crippen LogP contribution in [0, 0.1) is 11.8 Å². The lowest BCUT2D eigenvalue weighted by molar-refractivity contribution is 0.753. The Hall–Kier alpha value is -6.69. The van der Waals surface area contributed by atoms with Gasteiger partial charge in [0.2, 0.25) is 0 Å². The molecule has 0 spiro atoms. The van der Waals surface area contributed by atoms with Crippen molar-refractivity contribution in [2.75, 3.05) is 0 Å². The average Bonchev–Trinajstić information content (AvgIpc) is 2.10. The Balaban J connectivity index is 0.000000154. The number of H-pyrrole nitrogens is 2. The van der Waals surface area contributed by atoms with Gasteiger partial charge >= 0.3 is 0 Å². The average molecular weight is 1250 g/mol. The molecule has 0 bridgehead atoms. The van der Waals surface area contributed by atoms with Crippen LogP contribution in [0.3, 0.4) is 0 Å². The van der Waals surface area contributed by atoms with Crippen molar-refractivity contribution in [3.8, 4) is 0 Å². The molecule has 90 heavy (non-hydrogen) atoms. The molecule has 0 aromatic carbocycles. The van der Waals surface area contributed by atoms with Crippen LogP contribution in [0.5, 0.6) is 0 Å². The fraction of sp³-hybridized carbons (Fsp3) is 0.481. The molecule has 0 fully saturated rings. The third-order valence-corrected chi connectivity index (χ3v) is 19.5. The molecule has 0 radical (unpaired) electrons. The second-order valence-electron chi connectivity index (χ2n) is 28.5. The number of allylic oxidation sites excluding steroid dienone is 1. The number of pyridine rings is 6. The number of fused-ring (bicyclic) bond motifs is 6. The maximum absolute atomic E-state index is 4.61. The van der Waals surface area contributed by atoms with Crippen LogP contribution in [0.25, 0.3) is 48.2 Å². The predicted octanol–water partition coefficient (Wildman–Crippen LogP) is 24.0. The van der Waals surface area contributed by atoms with E-state index in [9.17, 15) is 0 Å². The van der Waals surface area contributed by atoms with Crippen LogP contribution in [-0.4, -0.2) is 45.6 Å². The fourth-order valence-electron chi connectivity index (χ4n) is 10.3. The van der Waals surface area contributed by atoms with Gasteiger partial charge in [-0.05, 0) is 166 Å². The zero-order valence-corrected chi connectivity index (χ0v) is 60.7. The molecule has 2 N–H and O–H groups in total. The van der Waals surface area contributed by atoms with Crippen LogP contribution in [0.4, 0.5) is 5.69 Å². The van der Waals surface area contributed by atoms with Crippen LogP contribution < -0.4 is 0 Å². The van der Waals surface area contributed by atoms with Crippen molar-refractivity contribution in [3.05, 3.63) is 175 Å². The normalized spacial score (nSPS) is 12.8. The highest BCUT2D eigenvalue weighted by Crippen LogP contribution is 2.35. The summed E-state index contributed by atoms with van der Waals surface area (Å²) in [4.78, 5) is 41.1. The van der Waals surface area contributed by atoms with E-state index in [2.05, 4.69) is 278 Å². The summed E-state index contributed by atoms with van der Waals surface area (Å²) in [5.74, 6) is 6.58. The molecule has 10 aromatic rings. The Morgan fingerprint density at radius 1 is 0.344 bits per heavy atom. The number of nitrogens with one attached hydrogen (secondary N) is 2. The van der Waals surface area contributed by atoms with Gasteiger partial charge in [-0.15, -0.1) is 22.7 Å². The molecule has 0 atom stereocenters. The van der Waals surface area contributed by atoms with E-state index in [-0.39, 0.29) is 0 Å². The highest BCUT2D eigenvalue weighted by atomic mass is 32.1. The van der Waals surface area contributed by atoms with Gasteiger partial charge in [0.15, 0.2) is 0 Å². The second kappa shape index (κ2) is 31.6. The van der Waals surface area contributed by atoms with Crippen molar-refractivity contribution in [1.29, 1.82) is 0 Å². The Bertz CT molecular complexity index is 3550. The lowest BCUT2D eigenvalue weighted by atomic mass is 10.0. The smallest absolute Gasteiger partial charge is 0.137 e. The van der Waals surface area contributed by atoms with E-state index < -0.39 is 0 Å². The van der Waals surface area contributed by atoms with E-state index in [0.29, 0.717) is 71.0 Å². The predicted molar refractivity (Wildman–Crippen MR) is 393 cm³/mol. The van der Waals surface area contributed by atoms with Gasteiger partial charge < -0.3 is 9.97 Å². The van der Waals surface area contributed by atoms with Crippen molar-refractivity contribution < 1.29 is 0 Å². The summed E-state index contributed by atoms with van der Waals surface area (Å²) < 4.78 is 2.68. The Morgan fingerprint density at radius 2 is 0.844 bits per heavy atom. The lowest BCUT2D eigenvalue weighted by Crippen LogP contribution is -2.06. The Morgan fingerprint density at radius 3 is 1.41 bits per heavy atom. The van der Waals surface area contributed by atoms with Gasteiger partial charge in [0.25, 0.3) is 0 Å². The van der Waals surface area contributed by atoms with Crippen LogP contribution >= 0.6 is 22.7 Å². The molecule has 0 saturated heterocycles. The SMILES string of the molecule is CC(C)C1=Cc2cnc(C(C)C)cc2C1.CC(C)C1=Nc2cnc(C(C)C)cc2C1.CC(C)c1cc2cc(C(C)C)[nH]c2cn1.CC(C)c1cc2cc(C(C)C)sc2cn1.CC(C)c1cc2sc(C(C)C)cc2cn1.CC(C)c1cnc2[nH]c(C(C)C)cc2c1. The molecule has 2 aliphatic rings. The first kappa shape index (κ1) is 70.8. The molecule has 0 amide bonds. The first-order chi connectivity index (χ1) is 42.5. The molecule has 10 aromatic heterocycles. The van der Waals surface area contributed by atoms with Crippen molar-refractivity contribution in [3.63, 3.8) is 0 Å². The molecule has 480 valence electrons. The zero-order valence-electron chi connectivity index (χ0n) is 59.1. The van der Waals surface area contributed by atoms with E-state index in [1.165, 1.54) is 108 Å². The van der Waals surface area contributed by atoms with Crippen molar-refractivity contribution in [1.82, 2.24) is 39.9 Å². The third kappa shape index (κ3) is 18.7. The molecule has 11 heterocycles. The summed E-state index contributed by atoms with van der Waals surface area (Å²) in [6.07, 6.45) is 16.3. The maximum Gasteiger partial charge on any atom is 0.137 e. The van der Waals surface area contributed by atoms with Gasteiger partial charge in [-0.1, -0.05) is 178 Å². The Kier molecular flexibility index (Phi) is 24.8. The third-order valence-electron chi connectivity index (χ3n) is 16.8. The number of rotatable bonds is 12. The van der Waals surface area contributed by atoms with E-state index >= 15 is 0 Å². The van der Waals surface area contributed by atoms with Crippen molar-refractivity contribution in [2.24, 2.45) is 16.8 Å². The number of aliphatic imine (C=N–C) groups is 1. The largest absolute Gasteiger partial charge is 0.357 e. The summed E-state index contributed by atoms with van der Waals surface area (Å²) in [5, 5.41) is 5.14. The van der Waals surface area contributed by atoms with Crippen molar-refractivity contribution in [2.45, 2.75) is 238 Å². The van der Waals surface area contributed by atoms with Gasteiger partial charge in [0.05, 0.1) is 28.3 Å². The summed E-state index contributed by atoms with van der Waals surface area (Å²) in [6, 6.07) is 22.4. The molecule has 0 unspecified atom stereocenters. The highest BCUT2D eigenvalue weighted by molar-refractivity contribution is 7.19. The molecule has 1 aliphatic heterocycles. The maximum atomic E-state index is 4.61. The van der Waals surface area contributed by atoms with Gasteiger partial charge in [-0.25, -0.2) is 4.98 Å². The first-order valence-corrected chi connectivity index (χ1v) is 35.1. The minimum Gasteiger partial charge on any atom is -0.357 e. The molecule has 11 heteroatoms. The van der Waals surface area contributed by atoms with Gasteiger partial charge in [-0.2, -0.15) is 0 Å². The van der Waals surface area contributed by atoms with Crippen LogP contribution in [-0.2, 0) is 12.8 Å². The summed E-state index contributed by atoms with van der Waals surface area (Å²) >= 11 is 3.76. The topological polar surface area (TPSA) is 121 Å². The molecular formula is C79H107N9S2. The molecule has 1 aliphatic carbocycles. The zero-order chi connectivity index (χ0) is 66.0. The van der Waals surface area contributed by atoms with Crippen LogP contribution in [0.15, 0.2) is 108 Å². The van der Waals surface area contributed by atoms with Gasteiger partial charge in [-0.3, -0.25) is 29.9 Å². The van der Waals surface area contributed by atoms with E-state index in [4.69, 9.17) is 0 Å². The first-order valence-electron chi connectivity index (χ1n) is 33.5. The number of hydrogen-bond donors (Lipinski definition) is 2. The number of hydrogen-bond acceptors (Lipinski definition) is 9. The number of aromatic nitrogens is 8. The van der Waals surface area contributed by atoms with Gasteiger partial charge in [0.1, 0.15) is 5.65 Å². The van der Waals surface area contributed by atoms with E-state index in [1.54, 1.807) is 0 Å². The summed E-state index contributed by atoms with van der Waals surface area (Å²) in [5.41, 5.74) is 19.9. The summed E-state index contributed by atoms with van der Waals surface area (Å²) in [7, 11) is 0. The van der Waals surface area contributed by atoms with Gasteiger partial charge in [0, 0.05) is 107 Å². The van der Waals surface area contributed by atoms with Crippen LogP contribution in [0.2, 0.25) is 0 Å². The number of nitrogens with zero attached hydrogens (tertiary/aromatic N) is 7. The quantitative estimate of drug-likeness (QED) is 0.126. The monoisotopic (exact) mass is 1250 g/mol. The number of aromatic amines is 2. The standard InChI is InChI=1S/C14H19N.3C13H18N2.2C13H17NS/c1-9(2)11-5-12-7-14(10(3)4)15-8-13(12)6-11;2*1-8(2)11-5-10-6-12(9(3)4)15-13(10)7-14-11;1-8(2)11-5-10-6-12(9(3)4)15-13(10)14-7-11;1-8(2)11-6-13-10(7-14-11)5-12(15-13)9(3)4;1-8(2)11-5-10-6-12(9(3)4)15-13(10)7-14-11/h6-10H,5H2,1-4H3;5,7-9H,6H2,1-4H3;5-9,15H,1-4H3;5-9H,1-4H3,(H,14,15);2*5-9H,1-4H3. The highest BCUT2D eigenvalue weighted by Gasteiger charge is 2.20. The number of thiophene rings is 2. The van der Waals surface area contributed by atoms with Crippen molar-refractivity contribution >= 4 is 82.3 Å². The fourth-order valence-corrected chi connectivity index (χ4v) is 12.4. The molecule has 0 saturated carbocycles. The minimum absolute atomic E-state index is 0.492. The molecule has 12 rings (SSSR count).